The van der Waals surface area contributed by atoms with Gasteiger partial charge in [-0.25, -0.2) is 4.79 Å². The molecule has 0 aromatic carbocycles. The fourth-order valence-corrected chi connectivity index (χ4v) is 4.88. The van der Waals surface area contributed by atoms with E-state index in [1.165, 1.54) is 17.7 Å². The van der Waals surface area contributed by atoms with Crippen molar-refractivity contribution < 1.29 is 14.3 Å². The van der Waals surface area contributed by atoms with Gasteiger partial charge in [0, 0.05) is 28.9 Å². The topological polar surface area (TPSA) is 51.5 Å². The van der Waals surface area contributed by atoms with Crippen molar-refractivity contribution in [2.45, 2.75) is 51.6 Å². The summed E-state index contributed by atoms with van der Waals surface area (Å²) in [7, 11) is 0. The van der Waals surface area contributed by atoms with Crippen molar-refractivity contribution in [3.05, 3.63) is 45.4 Å². The number of aromatic nitrogens is 1. The zero-order valence-corrected chi connectivity index (χ0v) is 16.1. The molecule has 1 amide bonds. The number of carbonyl (C=O) groups excluding carboxylic acids is 2. The fourth-order valence-electron chi connectivity index (χ4n) is 4.01. The Morgan fingerprint density at radius 2 is 2.08 bits per heavy atom. The van der Waals surface area contributed by atoms with Crippen LogP contribution in [0.3, 0.4) is 0 Å². The van der Waals surface area contributed by atoms with Crippen molar-refractivity contribution in [1.29, 1.82) is 0 Å². The van der Waals surface area contributed by atoms with E-state index in [-0.39, 0.29) is 18.6 Å². The molecular formula is C20H24N2O3S. The quantitative estimate of drug-likeness (QED) is 0.745. The zero-order valence-electron chi connectivity index (χ0n) is 15.2. The smallest absolute Gasteiger partial charge is 0.340 e. The summed E-state index contributed by atoms with van der Waals surface area (Å²) in [5.41, 5.74) is 2.61. The maximum Gasteiger partial charge on any atom is 0.340 e. The molecule has 6 heteroatoms. The van der Waals surface area contributed by atoms with Crippen LogP contribution in [0.2, 0.25) is 0 Å². The maximum atomic E-state index is 12.6. The third-order valence-electron chi connectivity index (χ3n) is 5.39. The molecule has 2 aromatic heterocycles. The number of likely N-dealkylation sites (tertiary alicyclic amines) is 1. The predicted octanol–water partition coefficient (Wildman–Crippen LogP) is 4.02. The second-order valence-electron chi connectivity index (χ2n) is 7.22. The molecule has 1 aliphatic carbocycles. The lowest BCUT2D eigenvalue weighted by Crippen LogP contribution is -2.34. The molecule has 0 unspecified atom stereocenters. The highest BCUT2D eigenvalue weighted by atomic mass is 32.1. The van der Waals surface area contributed by atoms with Gasteiger partial charge >= 0.3 is 5.97 Å². The number of aryl methyl sites for hydroxylation is 1. The molecule has 0 bridgehead atoms. The van der Waals surface area contributed by atoms with E-state index in [0.29, 0.717) is 11.6 Å². The molecule has 1 saturated carbocycles. The van der Waals surface area contributed by atoms with Gasteiger partial charge in [-0.15, -0.1) is 11.3 Å². The van der Waals surface area contributed by atoms with E-state index in [0.717, 1.165) is 30.8 Å². The molecule has 1 aliphatic heterocycles. The Labute approximate surface area is 157 Å². The van der Waals surface area contributed by atoms with E-state index in [9.17, 15) is 9.59 Å². The van der Waals surface area contributed by atoms with Crippen LogP contribution in [0.15, 0.2) is 23.6 Å². The normalized spacial score (nSPS) is 19.8. The number of ether oxygens (including phenoxy) is 1. The maximum absolute atomic E-state index is 12.6. The lowest BCUT2D eigenvalue weighted by molar-refractivity contribution is -0.135. The molecule has 26 heavy (non-hydrogen) atoms. The van der Waals surface area contributed by atoms with E-state index >= 15 is 0 Å². The number of hydrogen-bond donors (Lipinski definition) is 0. The van der Waals surface area contributed by atoms with Crippen LogP contribution >= 0.6 is 11.3 Å². The summed E-state index contributed by atoms with van der Waals surface area (Å²) in [6.45, 7) is 4.52. The highest BCUT2D eigenvalue weighted by Crippen LogP contribution is 2.38. The van der Waals surface area contributed by atoms with Gasteiger partial charge in [-0.1, -0.05) is 6.07 Å². The van der Waals surface area contributed by atoms with Crippen LogP contribution in [0, 0.1) is 13.8 Å². The molecule has 1 atom stereocenters. The second kappa shape index (κ2) is 6.91. The van der Waals surface area contributed by atoms with Crippen molar-refractivity contribution >= 4 is 23.2 Å². The van der Waals surface area contributed by atoms with Crippen molar-refractivity contribution in [1.82, 2.24) is 9.47 Å². The van der Waals surface area contributed by atoms with E-state index in [2.05, 4.69) is 10.6 Å². The van der Waals surface area contributed by atoms with Crippen LogP contribution in [0.1, 0.15) is 64.4 Å². The Morgan fingerprint density at radius 3 is 2.77 bits per heavy atom. The number of thiophene rings is 1. The minimum Gasteiger partial charge on any atom is -0.452 e. The average molecular weight is 372 g/mol. The lowest BCUT2D eigenvalue weighted by atomic mass is 10.2. The highest BCUT2D eigenvalue weighted by molar-refractivity contribution is 7.10. The Hall–Kier alpha value is -2.08. The van der Waals surface area contributed by atoms with Gasteiger partial charge < -0.3 is 14.2 Å². The Balaban J connectivity index is 1.40. The molecule has 0 radical (unpaired) electrons. The summed E-state index contributed by atoms with van der Waals surface area (Å²) in [5, 5.41) is 2.03. The van der Waals surface area contributed by atoms with Gasteiger partial charge in [-0.05, 0) is 57.0 Å². The second-order valence-corrected chi connectivity index (χ2v) is 8.20. The molecular weight excluding hydrogens is 348 g/mol. The lowest BCUT2D eigenvalue weighted by Gasteiger charge is -2.23. The summed E-state index contributed by atoms with van der Waals surface area (Å²) in [6, 6.07) is 6.61. The molecule has 4 rings (SSSR count). The molecule has 5 nitrogen and oxygen atoms in total. The number of esters is 1. The molecule has 2 fully saturated rings. The highest BCUT2D eigenvalue weighted by Gasteiger charge is 2.32. The Bertz CT molecular complexity index is 820. The number of carbonyl (C=O) groups is 2. The standard InChI is InChI=1S/C20H24N2O3S/c1-13-11-16(14(2)22(13)15-7-8-15)20(24)25-12-19(23)21-9-3-5-17(21)18-6-4-10-26-18/h4,6,10-11,15,17H,3,5,7-9,12H2,1-2H3/t17-/m1/s1. The van der Waals surface area contributed by atoms with Gasteiger partial charge in [0.1, 0.15) is 0 Å². The monoisotopic (exact) mass is 372 g/mol. The van der Waals surface area contributed by atoms with Crippen LogP contribution in [-0.2, 0) is 9.53 Å². The first-order valence-electron chi connectivity index (χ1n) is 9.24. The van der Waals surface area contributed by atoms with Gasteiger partial charge in [0.25, 0.3) is 5.91 Å². The van der Waals surface area contributed by atoms with Crippen molar-refractivity contribution in [3.8, 4) is 0 Å². The molecule has 3 heterocycles. The molecule has 1 saturated heterocycles. The fraction of sp³-hybridized carbons (Fsp3) is 0.500. The van der Waals surface area contributed by atoms with Gasteiger partial charge in [0.05, 0.1) is 11.6 Å². The SMILES string of the molecule is Cc1cc(C(=O)OCC(=O)N2CCC[C@@H]2c2cccs2)c(C)n1C1CC1. The summed E-state index contributed by atoms with van der Waals surface area (Å²) >= 11 is 1.67. The number of amides is 1. The molecule has 138 valence electrons. The molecule has 2 aromatic rings. The predicted molar refractivity (Wildman–Crippen MR) is 100 cm³/mol. The molecule has 0 N–H and O–H groups in total. The van der Waals surface area contributed by atoms with E-state index in [4.69, 9.17) is 4.74 Å². The first-order valence-corrected chi connectivity index (χ1v) is 10.1. The molecule has 0 spiro atoms. The minimum atomic E-state index is -0.398. The van der Waals surface area contributed by atoms with Crippen LogP contribution in [-0.4, -0.2) is 34.5 Å². The van der Waals surface area contributed by atoms with Crippen molar-refractivity contribution in [3.63, 3.8) is 0 Å². The first kappa shape index (κ1) is 17.3. The summed E-state index contributed by atoms with van der Waals surface area (Å²) in [6.07, 6.45) is 4.30. The summed E-state index contributed by atoms with van der Waals surface area (Å²) < 4.78 is 7.59. The van der Waals surface area contributed by atoms with Crippen LogP contribution in [0.4, 0.5) is 0 Å². The van der Waals surface area contributed by atoms with E-state index < -0.39 is 5.97 Å². The van der Waals surface area contributed by atoms with Gasteiger partial charge in [-0.2, -0.15) is 0 Å². The van der Waals surface area contributed by atoms with E-state index in [1.54, 1.807) is 11.3 Å². The van der Waals surface area contributed by atoms with Crippen LogP contribution in [0.5, 0.6) is 0 Å². The van der Waals surface area contributed by atoms with Crippen LogP contribution < -0.4 is 0 Å². The van der Waals surface area contributed by atoms with Gasteiger partial charge in [0.15, 0.2) is 6.61 Å². The van der Waals surface area contributed by atoms with E-state index in [1.807, 2.05) is 36.3 Å². The minimum absolute atomic E-state index is 0.106. The summed E-state index contributed by atoms with van der Waals surface area (Å²) in [4.78, 5) is 28.2. The average Bonchev–Trinajstić information content (AvgIpc) is 3.04. The van der Waals surface area contributed by atoms with Crippen molar-refractivity contribution in [2.24, 2.45) is 0 Å². The van der Waals surface area contributed by atoms with Crippen molar-refractivity contribution in [2.75, 3.05) is 13.2 Å². The largest absolute Gasteiger partial charge is 0.452 e. The van der Waals surface area contributed by atoms with Gasteiger partial charge in [0.2, 0.25) is 0 Å². The Morgan fingerprint density at radius 1 is 1.27 bits per heavy atom. The van der Waals surface area contributed by atoms with Crippen LogP contribution in [0.25, 0.3) is 0 Å². The third-order valence-corrected chi connectivity index (χ3v) is 6.36. The number of hydrogen-bond acceptors (Lipinski definition) is 4. The van der Waals surface area contributed by atoms with Gasteiger partial charge in [-0.3, -0.25) is 4.79 Å². The summed E-state index contributed by atoms with van der Waals surface area (Å²) in [5.74, 6) is -0.504. The first-order chi connectivity index (χ1) is 12.6. The molecule has 2 aliphatic rings. The third kappa shape index (κ3) is 3.18. The number of rotatable bonds is 5. The zero-order chi connectivity index (χ0) is 18.3. The Kier molecular flexibility index (Phi) is 4.61. The number of nitrogens with zero attached hydrogens (tertiary/aromatic N) is 2.